The van der Waals surface area contributed by atoms with E-state index >= 15 is 0 Å². The molecule has 0 spiro atoms. The molecule has 0 N–H and O–H groups in total. The lowest BCUT2D eigenvalue weighted by atomic mass is 9.78. The van der Waals surface area contributed by atoms with Gasteiger partial charge in [0.05, 0.1) is 28.2 Å². The number of aromatic nitrogens is 2. The van der Waals surface area contributed by atoms with Crippen LogP contribution in [0.25, 0.3) is 16.7 Å². The quantitative estimate of drug-likeness (QED) is 0.431. The summed E-state index contributed by atoms with van der Waals surface area (Å²) in [5.74, 6) is 0.450. The Hall–Kier alpha value is -2.94. The molecule has 2 aromatic carbocycles. The Bertz CT molecular complexity index is 1420. The Morgan fingerprint density at radius 1 is 1.09 bits per heavy atom. The van der Waals surface area contributed by atoms with Gasteiger partial charge in [0.25, 0.3) is 0 Å². The van der Waals surface area contributed by atoms with Crippen LogP contribution in [0.3, 0.4) is 0 Å². The van der Waals surface area contributed by atoms with E-state index in [0.717, 1.165) is 0 Å². The number of imidazole rings is 1. The van der Waals surface area contributed by atoms with Gasteiger partial charge in [-0.2, -0.15) is 0 Å². The molecule has 4 rings (SSSR count). The highest BCUT2D eigenvalue weighted by Gasteiger charge is 2.35. The van der Waals surface area contributed by atoms with E-state index in [1.165, 1.54) is 11.5 Å². The Kier molecular flexibility index (Phi) is 6.66. The van der Waals surface area contributed by atoms with Crippen LogP contribution in [-0.4, -0.2) is 41.2 Å². The average Bonchev–Trinajstić information content (AvgIpc) is 3.07. The summed E-state index contributed by atoms with van der Waals surface area (Å²) < 4.78 is 45.3. The molecule has 0 bridgehead atoms. The van der Waals surface area contributed by atoms with Crippen molar-refractivity contribution < 1.29 is 22.3 Å². The van der Waals surface area contributed by atoms with Crippen molar-refractivity contribution in [1.29, 1.82) is 0 Å². The molecule has 0 aliphatic carbocycles. The molecule has 0 amide bonds. The highest BCUT2D eigenvalue weighted by molar-refractivity contribution is 7.91. The zero-order chi connectivity index (χ0) is 25.5. The van der Waals surface area contributed by atoms with Crippen LogP contribution in [0, 0.1) is 5.41 Å². The first-order chi connectivity index (χ1) is 16.4. The van der Waals surface area contributed by atoms with E-state index in [4.69, 9.17) is 4.74 Å². The van der Waals surface area contributed by atoms with Gasteiger partial charge in [0.2, 0.25) is 6.36 Å². The lowest BCUT2D eigenvalue weighted by Gasteiger charge is -2.32. The molecule has 1 aliphatic heterocycles. The molecule has 0 saturated carbocycles. The number of sulfone groups is 1. The Morgan fingerprint density at radius 2 is 1.77 bits per heavy atom. The third-order valence-corrected chi connectivity index (χ3v) is 8.36. The fourth-order valence-corrected chi connectivity index (χ4v) is 6.53. The molecule has 9 heteroatoms. The molecular weight excluding hydrogens is 471 g/mol. The SMILES string of the molecule is CC(F)Oc1cccc(-n2c(=O)n(C(C)C)c3cc(C(=O)CC4(C)CCS(=O)(=O)CC4)ccc32)c1. The fraction of sp³-hybridized carbons (Fsp3) is 0.462. The smallest absolute Gasteiger partial charge is 0.333 e. The van der Waals surface area contributed by atoms with Crippen molar-refractivity contribution in [2.24, 2.45) is 5.41 Å². The van der Waals surface area contributed by atoms with Crippen molar-refractivity contribution in [2.45, 2.75) is 59.4 Å². The van der Waals surface area contributed by atoms with Crippen LogP contribution in [0.5, 0.6) is 5.75 Å². The second-order valence-electron chi connectivity index (χ2n) is 10.0. The predicted octanol–water partition coefficient (Wildman–Crippen LogP) is 4.86. The number of alkyl halides is 1. The van der Waals surface area contributed by atoms with E-state index in [1.54, 1.807) is 47.0 Å². The van der Waals surface area contributed by atoms with Gasteiger partial charge in [-0.3, -0.25) is 13.9 Å². The maximum absolute atomic E-state index is 13.4. The monoisotopic (exact) mass is 502 g/mol. The van der Waals surface area contributed by atoms with E-state index < -0.39 is 16.2 Å². The second kappa shape index (κ2) is 9.26. The molecule has 2 heterocycles. The minimum absolute atomic E-state index is 0.0727. The van der Waals surface area contributed by atoms with E-state index in [1.807, 2.05) is 20.8 Å². The second-order valence-corrected chi connectivity index (χ2v) is 12.3. The molecule has 35 heavy (non-hydrogen) atoms. The minimum atomic E-state index is -3.02. The first-order valence-electron chi connectivity index (χ1n) is 11.8. The number of hydrogen-bond acceptors (Lipinski definition) is 5. The standard InChI is InChI=1S/C26H31FN2O5S/c1-17(2)28-23-14-19(24(30)16-26(4)10-12-35(32,33)13-11-26)8-9-22(23)29(25(28)31)20-6-5-7-21(15-20)34-18(3)27/h5-9,14-15,17-18H,10-13,16H2,1-4H3. The number of fused-ring (bicyclic) bond motifs is 1. The number of rotatable bonds is 7. The first kappa shape index (κ1) is 25.2. The zero-order valence-electron chi connectivity index (χ0n) is 20.5. The number of hydrogen-bond donors (Lipinski definition) is 0. The van der Waals surface area contributed by atoms with Crippen LogP contribution in [0.1, 0.15) is 63.4 Å². The lowest BCUT2D eigenvalue weighted by Crippen LogP contribution is -2.33. The predicted molar refractivity (Wildman–Crippen MR) is 134 cm³/mol. The van der Waals surface area contributed by atoms with Crippen LogP contribution in [0.15, 0.2) is 47.3 Å². The van der Waals surface area contributed by atoms with Gasteiger partial charge in [-0.1, -0.05) is 13.0 Å². The number of ketones is 1. The summed E-state index contributed by atoms with van der Waals surface area (Å²) in [6.07, 6.45) is -0.307. The van der Waals surface area contributed by atoms with Crippen molar-refractivity contribution in [3.63, 3.8) is 0 Å². The van der Waals surface area contributed by atoms with Gasteiger partial charge in [-0.15, -0.1) is 0 Å². The number of ether oxygens (including phenoxy) is 1. The molecule has 1 fully saturated rings. The van der Waals surface area contributed by atoms with Gasteiger partial charge in [0.15, 0.2) is 5.78 Å². The van der Waals surface area contributed by atoms with Gasteiger partial charge in [0, 0.05) is 31.0 Å². The summed E-state index contributed by atoms with van der Waals surface area (Å²) in [7, 11) is -3.02. The van der Waals surface area contributed by atoms with E-state index in [9.17, 15) is 22.4 Å². The fourth-order valence-electron chi connectivity index (χ4n) is 4.72. The number of nitrogens with zero attached hydrogens (tertiary/aromatic N) is 2. The molecule has 188 valence electrons. The zero-order valence-corrected chi connectivity index (χ0v) is 21.3. The van der Waals surface area contributed by atoms with Crippen LogP contribution < -0.4 is 10.4 Å². The summed E-state index contributed by atoms with van der Waals surface area (Å²) in [5, 5.41) is 0. The third kappa shape index (κ3) is 5.19. The van der Waals surface area contributed by atoms with Crippen molar-refractivity contribution in [3.8, 4) is 11.4 Å². The third-order valence-electron chi connectivity index (χ3n) is 6.71. The molecular formula is C26H31FN2O5S. The average molecular weight is 503 g/mol. The topological polar surface area (TPSA) is 87.4 Å². The molecule has 1 aliphatic rings. The molecule has 0 radical (unpaired) electrons. The number of benzene rings is 2. The van der Waals surface area contributed by atoms with E-state index in [2.05, 4.69) is 0 Å². The van der Waals surface area contributed by atoms with Gasteiger partial charge >= 0.3 is 5.69 Å². The Labute approximate surface area is 204 Å². The summed E-state index contributed by atoms with van der Waals surface area (Å²) in [6, 6.07) is 11.7. The van der Waals surface area contributed by atoms with Crippen molar-refractivity contribution in [3.05, 3.63) is 58.5 Å². The van der Waals surface area contributed by atoms with Gasteiger partial charge in [0.1, 0.15) is 15.6 Å². The van der Waals surface area contributed by atoms with E-state index in [0.29, 0.717) is 40.9 Å². The van der Waals surface area contributed by atoms with Crippen molar-refractivity contribution in [1.82, 2.24) is 9.13 Å². The van der Waals surface area contributed by atoms with Crippen molar-refractivity contribution >= 4 is 26.7 Å². The summed E-state index contributed by atoms with van der Waals surface area (Å²) in [6.45, 7) is 7.04. The summed E-state index contributed by atoms with van der Waals surface area (Å²) >= 11 is 0. The van der Waals surface area contributed by atoms with Crippen LogP contribution >= 0.6 is 0 Å². The van der Waals surface area contributed by atoms with Gasteiger partial charge < -0.3 is 4.74 Å². The highest BCUT2D eigenvalue weighted by atomic mass is 32.2. The summed E-state index contributed by atoms with van der Waals surface area (Å²) in [5.41, 5.74) is 1.64. The van der Waals surface area contributed by atoms with Crippen LogP contribution in [0.2, 0.25) is 0 Å². The number of Topliss-reactive ketones (excluding diaryl/α,β-unsaturated/α-hetero) is 1. The summed E-state index contributed by atoms with van der Waals surface area (Å²) in [4.78, 5) is 26.7. The molecule has 1 saturated heterocycles. The van der Waals surface area contributed by atoms with Gasteiger partial charge in [-0.05, 0) is 62.4 Å². The number of carbonyl (C=O) groups excluding carboxylic acids is 1. The highest BCUT2D eigenvalue weighted by Crippen LogP contribution is 2.37. The molecule has 7 nitrogen and oxygen atoms in total. The van der Waals surface area contributed by atoms with Gasteiger partial charge in [-0.25, -0.2) is 17.6 Å². The molecule has 1 aromatic heterocycles. The number of carbonyl (C=O) groups is 1. The maximum atomic E-state index is 13.4. The first-order valence-corrected chi connectivity index (χ1v) is 13.6. The van der Waals surface area contributed by atoms with Crippen LogP contribution in [0.4, 0.5) is 4.39 Å². The molecule has 1 unspecified atom stereocenters. The molecule has 1 atom stereocenters. The molecule has 3 aromatic rings. The number of halogens is 1. The maximum Gasteiger partial charge on any atom is 0.333 e. The largest absolute Gasteiger partial charge is 0.461 e. The van der Waals surface area contributed by atoms with Crippen molar-refractivity contribution in [2.75, 3.05) is 11.5 Å². The Balaban J connectivity index is 1.74. The minimum Gasteiger partial charge on any atom is -0.461 e. The van der Waals surface area contributed by atoms with Crippen LogP contribution in [-0.2, 0) is 9.84 Å². The lowest BCUT2D eigenvalue weighted by molar-refractivity contribution is 0.0860. The van der Waals surface area contributed by atoms with E-state index in [-0.39, 0.29) is 40.9 Å². The normalized spacial score (nSPS) is 18.0. The Morgan fingerprint density at radius 3 is 2.40 bits per heavy atom.